The fraction of sp³-hybridized carbons (Fsp3) is 0.956. The SMILES string of the molecule is CCC(C)CCCCCCCCCCCCCCCCCCCCC(=O)O[C@H](COC(=O)CCCCCCCCCCCCCCCCCCCCC(C)C)COP(=O)(O)OC[C@@H](O)COP(=O)(O)OC[C@@H](COC(=O)CCCCCCCCCCC(C)C)OC(=O)CCCCCCCCCCCCCCCC(C)C. The minimum atomic E-state index is -4.97. The zero-order valence-corrected chi connectivity index (χ0v) is 74.7. The molecule has 0 saturated carbocycles. The van der Waals surface area contributed by atoms with Crippen LogP contribution in [-0.4, -0.2) is 96.7 Å². The van der Waals surface area contributed by atoms with Crippen LogP contribution in [0, 0.1) is 23.7 Å². The number of hydrogen-bond donors (Lipinski definition) is 3. The zero-order chi connectivity index (χ0) is 80.9. The molecule has 6 atom stereocenters. The van der Waals surface area contributed by atoms with Crippen molar-refractivity contribution < 1.29 is 80.2 Å². The molecule has 3 unspecified atom stereocenters. The lowest BCUT2D eigenvalue weighted by molar-refractivity contribution is -0.161. The second-order valence-corrected chi connectivity index (χ2v) is 37.3. The second kappa shape index (κ2) is 79.5. The van der Waals surface area contributed by atoms with Crippen molar-refractivity contribution in [3.63, 3.8) is 0 Å². The molecule has 0 rings (SSSR count). The predicted molar refractivity (Wildman–Crippen MR) is 455 cm³/mol. The second-order valence-electron chi connectivity index (χ2n) is 34.4. The summed E-state index contributed by atoms with van der Waals surface area (Å²) in [5.41, 5.74) is 0. The number of aliphatic hydroxyl groups excluding tert-OH is 1. The molecule has 19 heteroatoms. The smallest absolute Gasteiger partial charge is 0.462 e. The van der Waals surface area contributed by atoms with Crippen molar-refractivity contribution in [3.05, 3.63) is 0 Å². The molecule has 0 aromatic heterocycles. The molecule has 0 aromatic rings. The van der Waals surface area contributed by atoms with Crippen LogP contribution in [0.4, 0.5) is 0 Å². The molecule has 0 heterocycles. The highest BCUT2D eigenvalue weighted by molar-refractivity contribution is 7.47. The van der Waals surface area contributed by atoms with Gasteiger partial charge < -0.3 is 33.8 Å². The molecule has 0 radical (unpaired) electrons. The molecule has 0 amide bonds. The van der Waals surface area contributed by atoms with Gasteiger partial charge in [0.15, 0.2) is 12.2 Å². The van der Waals surface area contributed by atoms with E-state index in [1.807, 2.05) is 0 Å². The number of esters is 4. The van der Waals surface area contributed by atoms with Gasteiger partial charge in [0.1, 0.15) is 19.3 Å². The molecule has 0 aliphatic rings. The Balaban J connectivity index is 5.23. The van der Waals surface area contributed by atoms with Gasteiger partial charge in [0.05, 0.1) is 26.4 Å². The van der Waals surface area contributed by atoms with Crippen molar-refractivity contribution in [1.82, 2.24) is 0 Å². The van der Waals surface area contributed by atoms with Crippen molar-refractivity contribution in [2.75, 3.05) is 39.6 Å². The van der Waals surface area contributed by atoms with E-state index in [9.17, 15) is 43.2 Å². The lowest BCUT2D eigenvalue weighted by Gasteiger charge is -2.21. The highest BCUT2D eigenvalue weighted by Crippen LogP contribution is 2.45. The molecular formula is C91H178O17P2. The van der Waals surface area contributed by atoms with Crippen LogP contribution in [0.25, 0.3) is 0 Å². The van der Waals surface area contributed by atoms with Gasteiger partial charge >= 0.3 is 39.5 Å². The van der Waals surface area contributed by atoms with Crippen LogP contribution in [0.2, 0.25) is 0 Å². The summed E-state index contributed by atoms with van der Waals surface area (Å²) in [6.45, 7) is 14.4. The number of phosphoric ester groups is 2. The summed E-state index contributed by atoms with van der Waals surface area (Å²) >= 11 is 0. The summed E-state index contributed by atoms with van der Waals surface area (Å²) in [7, 11) is -9.94. The average molecular weight is 1610 g/mol. The van der Waals surface area contributed by atoms with Gasteiger partial charge in [0.2, 0.25) is 0 Å². The zero-order valence-electron chi connectivity index (χ0n) is 72.9. The lowest BCUT2D eigenvalue weighted by atomic mass is 9.99. The van der Waals surface area contributed by atoms with E-state index in [0.717, 1.165) is 114 Å². The van der Waals surface area contributed by atoms with Crippen molar-refractivity contribution in [2.45, 2.75) is 497 Å². The van der Waals surface area contributed by atoms with Crippen LogP contribution >= 0.6 is 15.6 Å². The van der Waals surface area contributed by atoms with Gasteiger partial charge in [-0.05, 0) is 49.4 Å². The topological polar surface area (TPSA) is 237 Å². The molecule has 0 fully saturated rings. The van der Waals surface area contributed by atoms with Gasteiger partial charge in [-0.1, -0.05) is 428 Å². The minimum absolute atomic E-state index is 0.107. The summed E-state index contributed by atoms with van der Waals surface area (Å²) in [5, 5.41) is 10.7. The Labute approximate surface area is 677 Å². The number of phosphoric acid groups is 2. The Kier molecular flexibility index (Phi) is 78.1. The summed E-state index contributed by atoms with van der Waals surface area (Å²) in [4.78, 5) is 73.4. The molecule has 0 saturated heterocycles. The van der Waals surface area contributed by atoms with Crippen molar-refractivity contribution in [1.29, 1.82) is 0 Å². The standard InChI is InChI=1S/C91H178O17P2/c1-9-84(8)70-62-54-46-37-31-25-19-15-11-13-17-21-27-33-39-49-57-65-73-90(95)107-86(77-101-88(93)71-63-55-47-38-32-26-20-16-12-10-14-18-23-29-35-43-51-59-67-81(2)3)79-105-109(97,98)103-75-85(92)76-104-110(99,100)106-80-87(78-102-89(94)72-64-56-48-42-41-45-53-61-69-83(6)7)108-91(96)74-66-58-50-40-34-28-22-24-30-36-44-52-60-68-82(4)5/h81-87,92H,9-80H2,1-8H3,(H,97,98)(H,99,100)/t84?,85-,86-,87-/m1/s1. The molecule has 0 spiro atoms. The third-order valence-electron chi connectivity index (χ3n) is 21.7. The number of aliphatic hydroxyl groups is 1. The predicted octanol–water partition coefficient (Wildman–Crippen LogP) is 27.9. The van der Waals surface area contributed by atoms with E-state index in [1.54, 1.807) is 0 Å². The van der Waals surface area contributed by atoms with Gasteiger partial charge in [0, 0.05) is 25.7 Å². The summed E-state index contributed by atoms with van der Waals surface area (Å²) in [6, 6.07) is 0. The molecule has 3 N–H and O–H groups in total. The Morgan fingerprint density at radius 2 is 0.436 bits per heavy atom. The van der Waals surface area contributed by atoms with E-state index < -0.39 is 97.5 Å². The number of carbonyl (C=O) groups is 4. The number of carbonyl (C=O) groups excluding carboxylic acids is 4. The van der Waals surface area contributed by atoms with Crippen LogP contribution in [0.15, 0.2) is 0 Å². The van der Waals surface area contributed by atoms with Gasteiger partial charge in [-0.15, -0.1) is 0 Å². The highest BCUT2D eigenvalue weighted by atomic mass is 31.2. The molecule has 0 aliphatic heterocycles. The quantitative estimate of drug-likeness (QED) is 0.0222. The molecule has 0 bridgehead atoms. The maximum absolute atomic E-state index is 13.2. The molecule has 110 heavy (non-hydrogen) atoms. The first-order valence-corrected chi connectivity index (χ1v) is 49.7. The van der Waals surface area contributed by atoms with E-state index in [-0.39, 0.29) is 25.7 Å². The molecule has 0 aromatic carbocycles. The van der Waals surface area contributed by atoms with Crippen LogP contribution in [0.5, 0.6) is 0 Å². The maximum atomic E-state index is 13.2. The summed E-state index contributed by atoms with van der Waals surface area (Å²) in [5.74, 6) is 1.10. The van der Waals surface area contributed by atoms with Gasteiger partial charge in [0.25, 0.3) is 0 Å². The summed E-state index contributed by atoms with van der Waals surface area (Å²) < 4.78 is 69.0. The van der Waals surface area contributed by atoms with Crippen molar-refractivity contribution >= 4 is 39.5 Å². The van der Waals surface area contributed by atoms with Crippen molar-refractivity contribution in [3.8, 4) is 0 Å². The molecule has 0 aliphatic carbocycles. The monoisotopic (exact) mass is 1610 g/mol. The molecular weight excluding hydrogens is 1430 g/mol. The minimum Gasteiger partial charge on any atom is -0.462 e. The first-order chi connectivity index (χ1) is 53.1. The maximum Gasteiger partial charge on any atom is 0.472 e. The number of rotatable bonds is 88. The number of ether oxygens (including phenoxy) is 4. The van der Waals surface area contributed by atoms with Crippen molar-refractivity contribution in [2.24, 2.45) is 23.7 Å². The Morgan fingerprint density at radius 3 is 0.645 bits per heavy atom. The first-order valence-electron chi connectivity index (χ1n) is 46.7. The third kappa shape index (κ3) is 82.6. The number of unbranched alkanes of at least 4 members (excludes halogenated alkanes) is 53. The van der Waals surface area contributed by atoms with Crippen LogP contribution in [-0.2, 0) is 65.4 Å². The van der Waals surface area contributed by atoms with Gasteiger partial charge in [-0.3, -0.25) is 37.3 Å². The van der Waals surface area contributed by atoms with Gasteiger partial charge in [-0.25, -0.2) is 9.13 Å². The fourth-order valence-electron chi connectivity index (χ4n) is 14.2. The Bertz CT molecular complexity index is 2130. The van der Waals surface area contributed by atoms with Crippen LogP contribution < -0.4 is 0 Å². The normalized spacial score (nSPS) is 14.1. The van der Waals surface area contributed by atoms with E-state index >= 15 is 0 Å². The molecule has 654 valence electrons. The van der Waals surface area contributed by atoms with E-state index in [1.165, 1.54) is 283 Å². The van der Waals surface area contributed by atoms with E-state index in [2.05, 4.69) is 55.4 Å². The van der Waals surface area contributed by atoms with E-state index in [0.29, 0.717) is 25.7 Å². The van der Waals surface area contributed by atoms with Crippen LogP contribution in [0.1, 0.15) is 479 Å². The Morgan fingerprint density at radius 1 is 0.255 bits per heavy atom. The molecule has 17 nitrogen and oxygen atoms in total. The lowest BCUT2D eigenvalue weighted by Crippen LogP contribution is -2.30. The average Bonchev–Trinajstić information content (AvgIpc) is 0.898. The third-order valence-corrected chi connectivity index (χ3v) is 23.6. The summed E-state index contributed by atoms with van der Waals surface area (Å²) in [6.07, 6.45) is 70.9. The Hall–Kier alpha value is -1.94. The van der Waals surface area contributed by atoms with E-state index in [4.69, 9.17) is 37.0 Å². The first kappa shape index (κ1) is 108. The largest absolute Gasteiger partial charge is 0.472 e. The number of hydrogen-bond acceptors (Lipinski definition) is 15. The fourth-order valence-corrected chi connectivity index (χ4v) is 15.7. The highest BCUT2D eigenvalue weighted by Gasteiger charge is 2.31. The van der Waals surface area contributed by atoms with Crippen LogP contribution in [0.3, 0.4) is 0 Å². The van der Waals surface area contributed by atoms with Gasteiger partial charge in [-0.2, -0.15) is 0 Å².